The van der Waals surface area contributed by atoms with Gasteiger partial charge in [-0.1, -0.05) is 40.2 Å². The summed E-state index contributed by atoms with van der Waals surface area (Å²) in [7, 11) is 1.65. The molecule has 0 atom stereocenters. The first kappa shape index (κ1) is 19.9. The lowest BCUT2D eigenvalue weighted by Crippen LogP contribution is -1.99. The Bertz CT molecular complexity index is 1140. The van der Waals surface area contributed by atoms with Gasteiger partial charge in [0.2, 0.25) is 11.8 Å². The number of hydrogen-bond acceptors (Lipinski definition) is 5. The largest absolute Gasteiger partial charge is 0.496 e. The van der Waals surface area contributed by atoms with Crippen LogP contribution in [0.2, 0.25) is 0 Å². The van der Waals surface area contributed by atoms with Crippen molar-refractivity contribution >= 4 is 28.1 Å². The smallest absolute Gasteiger partial charge is 0.248 e. The van der Waals surface area contributed by atoms with Crippen LogP contribution in [-0.2, 0) is 6.61 Å². The summed E-state index contributed by atoms with van der Waals surface area (Å²) in [6.07, 6.45) is 3.71. The van der Waals surface area contributed by atoms with E-state index in [0.717, 1.165) is 32.7 Å². The molecule has 0 saturated carbocycles. The minimum absolute atomic E-state index is 0.394. The van der Waals surface area contributed by atoms with Crippen molar-refractivity contribution in [2.75, 3.05) is 7.11 Å². The molecule has 0 unspecified atom stereocenters. The molecule has 0 amide bonds. The summed E-state index contributed by atoms with van der Waals surface area (Å²) in [6.45, 7) is 0.394. The molecule has 4 aromatic rings. The predicted octanol–water partition coefficient (Wildman–Crippen LogP) is 6.26. The third kappa shape index (κ3) is 4.96. The van der Waals surface area contributed by atoms with E-state index in [2.05, 4.69) is 26.1 Å². The third-order valence-electron chi connectivity index (χ3n) is 4.39. The van der Waals surface area contributed by atoms with Gasteiger partial charge in [-0.3, -0.25) is 0 Å². The fraction of sp³-hybridized carbons (Fsp3) is 0.0833. The van der Waals surface area contributed by atoms with Crippen molar-refractivity contribution in [3.63, 3.8) is 0 Å². The maximum absolute atomic E-state index is 5.89. The predicted molar refractivity (Wildman–Crippen MR) is 120 cm³/mol. The van der Waals surface area contributed by atoms with E-state index >= 15 is 0 Å². The van der Waals surface area contributed by atoms with Gasteiger partial charge in [0.25, 0.3) is 0 Å². The molecular formula is C24H19BrN2O3. The standard InChI is InChI=1S/C24H19BrN2O3/c1-28-22-13-7-17(15-19(22)16-29-21-11-9-20(25)10-12-21)8-14-23-26-27-24(30-23)18-5-3-2-4-6-18/h2-15H,16H2,1H3/b14-8-. The van der Waals surface area contributed by atoms with Crippen LogP contribution in [0.15, 0.2) is 81.7 Å². The molecule has 5 nitrogen and oxygen atoms in total. The fourth-order valence-electron chi connectivity index (χ4n) is 2.87. The van der Waals surface area contributed by atoms with Crippen LogP contribution in [0.3, 0.4) is 0 Å². The molecule has 0 aliphatic rings. The summed E-state index contributed by atoms with van der Waals surface area (Å²) < 4.78 is 18.1. The topological polar surface area (TPSA) is 57.4 Å². The molecule has 1 heterocycles. The number of nitrogens with zero attached hydrogens (tertiary/aromatic N) is 2. The van der Waals surface area contributed by atoms with Crippen molar-refractivity contribution < 1.29 is 13.9 Å². The normalized spacial score (nSPS) is 11.0. The first-order chi connectivity index (χ1) is 14.7. The van der Waals surface area contributed by atoms with Crippen LogP contribution < -0.4 is 9.47 Å². The Labute approximate surface area is 183 Å². The molecule has 0 fully saturated rings. The Kier molecular flexibility index (Phi) is 6.25. The summed E-state index contributed by atoms with van der Waals surface area (Å²) in [4.78, 5) is 0. The van der Waals surface area contributed by atoms with Crippen LogP contribution in [0.4, 0.5) is 0 Å². The molecule has 0 aliphatic carbocycles. The van der Waals surface area contributed by atoms with E-state index in [1.165, 1.54) is 0 Å². The molecule has 1 aromatic heterocycles. The van der Waals surface area contributed by atoms with Gasteiger partial charge in [0.1, 0.15) is 18.1 Å². The molecule has 0 bridgehead atoms. The van der Waals surface area contributed by atoms with Gasteiger partial charge >= 0.3 is 0 Å². The first-order valence-electron chi connectivity index (χ1n) is 9.33. The Hall–Kier alpha value is -3.38. The van der Waals surface area contributed by atoms with Gasteiger partial charge in [-0.2, -0.15) is 0 Å². The second-order valence-corrected chi connectivity index (χ2v) is 7.37. The highest BCUT2D eigenvalue weighted by Gasteiger charge is 2.07. The Morgan fingerprint density at radius 3 is 2.50 bits per heavy atom. The summed E-state index contributed by atoms with van der Waals surface area (Å²) >= 11 is 3.42. The highest BCUT2D eigenvalue weighted by molar-refractivity contribution is 9.10. The molecule has 150 valence electrons. The highest BCUT2D eigenvalue weighted by atomic mass is 79.9. The van der Waals surface area contributed by atoms with Gasteiger partial charge in [-0.15, -0.1) is 10.2 Å². The van der Waals surface area contributed by atoms with E-state index in [1.54, 1.807) is 13.2 Å². The first-order valence-corrected chi connectivity index (χ1v) is 10.1. The molecule has 0 aliphatic heterocycles. The SMILES string of the molecule is COc1ccc(/C=C\c2nnc(-c3ccccc3)o2)cc1COc1ccc(Br)cc1. The quantitative estimate of drug-likeness (QED) is 0.324. The number of rotatable bonds is 7. The second kappa shape index (κ2) is 9.41. The monoisotopic (exact) mass is 462 g/mol. The highest BCUT2D eigenvalue weighted by Crippen LogP contribution is 2.24. The van der Waals surface area contributed by atoms with Gasteiger partial charge in [0.15, 0.2) is 0 Å². The minimum atomic E-state index is 0.394. The zero-order valence-electron chi connectivity index (χ0n) is 16.3. The molecule has 0 N–H and O–H groups in total. The number of hydrogen-bond donors (Lipinski definition) is 0. The van der Waals surface area contributed by atoms with E-state index in [-0.39, 0.29) is 0 Å². The van der Waals surface area contributed by atoms with Crippen LogP contribution in [0.5, 0.6) is 11.5 Å². The summed E-state index contributed by atoms with van der Waals surface area (Å²) in [5.41, 5.74) is 2.81. The van der Waals surface area contributed by atoms with E-state index in [0.29, 0.717) is 18.4 Å². The van der Waals surface area contributed by atoms with Crippen molar-refractivity contribution in [2.45, 2.75) is 6.61 Å². The summed E-state index contributed by atoms with van der Waals surface area (Å²) in [5, 5.41) is 8.19. The number of methoxy groups -OCH3 is 1. The van der Waals surface area contributed by atoms with Crippen molar-refractivity contribution in [1.29, 1.82) is 0 Å². The van der Waals surface area contributed by atoms with Crippen LogP contribution >= 0.6 is 15.9 Å². The zero-order valence-corrected chi connectivity index (χ0v) is 17.9. The molecule has 0 saturated heterocycles. The van der Waals surface area contributed by atoms with Gasteiger partial charge in [0, 0.05) is 21.7 Å². The van der Waals surface area contributed by atoms with Crippen molar-refractivity contribution in [1.82, 2.24) is 10.2 Å². The van der Waals surface area contributed by atoms with E-state index in [9.17, 15) is 0 Å². The number of halogens is 1. The lowest BCUT2D eigenvalue weighted by Gasteiger charge is -2.11. The Balaban J connectivity index is 1.48. The number of benzene rings is 3. The molecule has 3 aromatic carbocycles. The van der Waals surface area contributed by atoms with Gasteiger partial charge in [-0.05, 0) is 60.2 Å². The maximum Gasteiger partial charge on any atom is 0.248 e. The fourth-order valence-corrected chi connectivity index (χ4v) is 3.14. The summed E-state index contributed by atoms with van der Waals surface area (Å²) in [6, 6.07) is 23.3. The third-order valence-corrected chi connectivity index (χ3v) is 4.92. The zero-order chi connectivity index (χ0) is 20.8. The van der Waals surface area contributed by atoms with Crippen LogP contribution in [0.1, 0.15) is 17.0 Å². The van der Waals surface area contributed by atoms with Gasteiger partial charge in [-0.25, -0.2) is 0 Å². The molecule has 30 heavy (non-hydrogen) atoms. The second-order valence-electron chi connectivity index (χ2n) is 6.46. The van der Waals surface area contributed by atoms with Crippen LogP contribution in [0.25, 0.3) is 23.6 Å². The molecule has 6 heteroatoms. The van der Waals surface area contributed by atoms with E-state index in [1.807, 2.05) is 78.9 Å². The maximum atomic E-state index is 5.89. The molecule has 0 spiro atoms. The minimum Gasteiger partial charge on any atom is -0.496 e. The number of aromatic nitrogens is 2. The van der Waals surface area contributed by atoms with Crippen LogP contribution in [0, 0.1) is 0 Å². The van der Waals surface area contributed by atoms with Crippen molar-refractivity contribution in [3.8, 4) is 23.0 Å². The van der Waals surface area contributed by atoms with Crippen LogP contribution in [-0.4, -0.2) is 17.3 Å². The van der Waals surface area contributed by atoms with Gasteiger partial charge in [0.05, 0.1) is 7.11 Å². The van der Waals surface area contributed by atoms with E-state index < -0.39 is 0 Å². The number of ether oxygens (including phenoxy) is 2. The Morgan fingerprint density at radius 2 is 1.73 bits per heavy atom. The summed E-state index contributed by atoms with van der Waals surface area (Å²) in [5.74, 6) is 2.50. The molecular weight excluding hydrogens is 444 g/mol. The lowest BCUT2D eigenvalue weighted by atomic mass is 10.1. The Morgan fingerprint density at radius 1 is 0.933 bits per heavy atom. The van der Waals surface area contributed by atoms with E-state index in [4.69, 9.17) is 13.9 Å². The van der Waals surface area contributed by atoms with Crippen molar-refractivity contribution in [2.24, 2.45) is 0 Å². The van der Waals surface area contributed by atoms with Gasteiger partial charge < -0.3 is 13.9 Å². The van der Waals surface area contributed by atoms with Crippen molar-refractivity contribution in [3.05, 3.63) is 94.3 Å². The lowest BCUT2D eigenvalue weighted by molar-refractivity contribution is 0.296. The average Bonchev–Trinajstić information content (AvgIpc) is 3.27. The molecule has 0 radical (unpaired) electrons. The molecule has 4 rings (SSSR count). The average molecular weight is 463 g/mol.